The van der Waals surface area contributed by atoms with Gasteiger partial charge in [-0.15, -0.1) is 26.4 Å². The SMILES string of the molecule is CCC[O-].CCC[O-].CCC[O-].CCC[O-].OCCN(CCO)CCO.[Zr+4]. The van der Waals surface area contributed by atoms with E-state index in [1.807, 2.05) is 27.7 Å². The fraction of sp³-hybridized carbons (Fsp3) is 1.00. The summed E-state index contributed by atoms with van der Waals surface area (Å²) in [5.74, 6) is 0. The minimum atomic E-state index is 0. The molecule has 0 unspecified atom stereocenters. The average Bonchev–Trinajstić information content (AvgIpc) is 2.69. The van der Waals surface area contributed by atoms with E-state index in [1.165, 1.54) is 0 Å². The Bertz CT molecular complexity index is 134. The van der Waals surface area contributed by atoms with E-state index in [0.29, 0.717) is 19.6 Å². The fourth-order valence-corrected chi connectivity index (χ4v) is 0.760. The van der Waals surface area contributed by atoms with Gasteiger partial charge in [-0.3, -0.25) is 4.90 Å². The van der Waals surface area contributed by atoms with Gasteiger partial charge < -0.3 is 35.7 Å². The summed E-state index contributed by atoms with van der Waals surface area (Å²) in [6.07, 6.45) is 3.06. The Morgan fingerprint density at radius 3 is 0.741 bits per heavy atom. The van der Waals surface area contributed by atoms with Crippen LogP contribution in [0.25, 0.3) is 0 Å². The van der Waals surface area contributed by atoms with E-state index in [4.69, 9.17) is 15.3 Å². The van der Waals surface area contributed by atoms with Crippen molar-refractivity contribution in [2.75, 3.05) is 65.9 Å². The molecule has 0 fully saturated rings. The van der Waals surface area contributed by atoms with Crippen LogP contribution in [0.3, 0.4) is 0 Å². The number of hydrogen-bond acceptors (Lipinski definition) is 8. The van der Waals surface area contributed by atoms with Crippen molar-refractivity contribution in [1.29, 1.82) is 0 Å². The summed E-state index contributed by atoms with van der Waals surface area (Å²) in [5.41, 5.74) is 0. The first-order valence-electron chi connectivity index (χ1n) is 9.38. The second-order valence-corrected chi connectivity index (χ2v) is 4.83. The van der Waals surface area contributed by atoms with Crippen LogP contribution in [0, 0.1) is 0 Å². The van der Waals surface area contributed by atoms with Crippen molar-refractivity contribution >= 4 is 0 Å². The van der Waals surface area contributed by atoms with Crippen LogP contribution < -0.4 is 20.4 Å². The van der Waals surface area contributed by atoms with Crippen LogP contribution >= 0.6 is 0 Å². The van der Waals surface area contributed by atoms with Crippen molar-refractivity contribution in [3.63, 3.8) is 0 Å². The molecule has 0 heterocycles. The monoisotopic (exact) mass is 475 g/mol. The van der Waals surface area contributed by atoms with Crippen molar-refractivity contribution in [3.8, 4) is 0 Å². The predicted octanol–water partition coefficient (Wildman–Crippen LogP) is -2.71. The van der Waals surface area contributed by atoms with E-state index >= 15 is 0 Å². The van der Waals surface area contributed by atoms with Gasteiger partial charge in [0.2, 0.25) is 0 Å². The standard InChI is InChI=1S/C6H15NO3.4C3H7O.Zr/c8-4-1-7(2-5-9)3-6-10;4*1-2-3-4;/h8-10H,1-6H2;4*2-3H2,1H3;/q;4*-1;+4. The van der Waals surface area contributed by atoms with Crippen molar-refractivity contribution in [2.45, 2.75) is 53.4 Å². The topological polar surface area (TPSA) is 156 Å². The quantitative estimate of drug-likeness (QED) is 0.307. The molecule has 0 aliphatic rings. The van der Waals surface area contributed by atoms with Gasteiger partial charge in [0.1, 0.15) is 0 Å². The van der Waals surface area contributed by atoms with Gasteiger partial charge in [-0.1, -0.05) is 53.4 Å². The Morgan fingerprint density at radius 1 is 0.519 bits per heavy atom. The Labute approximate surface area is 186 Å². The molecular formula is C18H43NO7Zr. The minimum Gasteiger partial charge on any atom is -0.854 e. The summed E-state index contributed by atoms with van der Waals surface area (Å²) in [7, 11) is 0. The predicted molar refractivity (Wildman–Crippen MR) is 98.3 cm³/mol. The zero-order valence-electron chi connectivity index (χ0n) is 17.8. The normalized spacial score (nSPS) is 8.44. The van der Waals surface area contributed by atoms with Crippen LogP contribution in [0.5, 0.6) is 0 Å². The molecule has 0 spiro atoms. The van der Waals surface area contributed by atoms with Crippen molar-refractivity contribution in [3.05, 3.63) is 0 Å². The van der Waals surface area contributed by atoms with E-state index < -0.39 is 0 Å². The largest absolute Gasteiger partial charge is 4.00 e. The molecular weight excluding hydrogens is 433 g/mol. The molecule has 0 saturated carbocycles. The molecule has 0 aromatic carbocycles. The van der Waals surface area contributed by atoms with Crippen LogP contribution in [0.4, 0.5) is 0 Å². The van der Waals surface area contributed by atoms with Gasteiger partial charge in [0, 0.05) is 19.6 Å². The zero-order chi connectivity index (χ0) is 21.5. The maximum Gasteiger partial charge on any atom is 4.00 e. The summed E-state index contributed by atoms with van der Waals surface area (Å²) < 4.78 is 0. The zero-order valence-corrected chi connectivity index (χ0v) is 20.3. The van der Waals surface area contributed by atoms with Gasteiger partial charge in [0.15, 0.2) is 0 Å². The molecule has 0 aliphatic heterocycles. The third-order valence-electron chi connectivity index (χ3n) is 2.07. The summed E-state index contributed by atoms with van der Waals surface area (Å²) in [5, 5.41) is 62.6. The van der Waals surface area contributed by atoms with Crippen molar-refractivity contribution in [1.82, 2.24) is 4.90 Å². The maximum absolute atomic E-state index is 9.30. The fourth-order valence-electron chi connectivity index (χ4n) is 0.760. The molecule has 0 saturated heterocycles. The maximum atomic E-state index is 9.30. The molecule has 0 aliphatic carbocycles. The smallest absolute Gasteiger partial charge is 0.854 e. The van der Waals surface area contributed by atoms with Crippen molar-refractivity contribution < 1.29 is 61.9 Å². The van der Waals surface area contributed by atoms with Crippen LogP contribution in [0.2, 0.25) is 0 Å². The third kappa shape index (κ3) is 87.1. The van der Waals surface area contributed by atoms with Gasteiger partial charge in [0.25, 0.3) is 0 Å². The Balaban J connectivity index is -0.0000000552. The van der Waals surface area contributed by atoms with Crippen LogP contribution in [0.1, 0.15) is 53.4 Å². The molecule has 0 radical (unpaired) electrons. The number of aliphatic hydroxyl groups excluding tert-OH is 3. The van der Waals surface area contributed by atoms with E-state index in [-0.39, 0.29) is 72.5 Å². The first-order chi connectivity index (χ1) is 12.5. The molecule has 9 heteroatoms. The van der Waals surface area contributed by atoms with Gasteiger partial charge >= 0.3 is 26.2 Å². The Hall–Kier alpha value is 0.563. The number of rotatable bonds is 10. The summed E-state index contributed by atoms with van der Waals surface area (Å²) in [6.45, 7) is 9.50. The molecule has 0 rings (SSSR count). The Kier molecular flexibility index (Phi) is 87.2. The minimum absolute atomic E-state index is 0. The molecule has 27 heavy (non-hydrogen) atoms. The molecule has 3 N–H and O–H groups in total. The average molecular weight is 477 g/mol. The van der Waals surface area contributed by atoms with Crippen LogP contribution in [-0.2, 0) is 26.2 Å². The molecule has 0 atom stereocenters. The molecule has 0 aromatic heterocycles. The molecule has 0 aromatic rings. The van der Waals surface area contributed by atoms with E-state index in [9.17, 15) is 20.4 Å². The second-order valence-electron chi connectivity index (χ2n) is 4.83. The molecule has 8 nitrogen and oxygen atoms in total. The van der Waals surface area contributed by atoms with E-state index in [0.717, 1.165) is 25.7 Å². The second kappa shape index (κ2) is 56.3. The first kappa shape index (κ1) is 41.8. The molecule has 0 bridgehead atoms. The van der Waals surface area contributed by atoms with Gasteiger partial charge in [-0.2, -0.15) is 0 Å². The summed E-state index contributed by atoms with van der Waals surface area (Å²) in [6, 6.07) is 0. The van der Waals surface area contributed by atoms with Crippen LogP contribution in [-0.4, -0.2) is 86.1 Å². The number of aliphatic hydroxyl groups is 3. The van der Waals surface area contributed by atoms with E-state index in [2.05, 4.69) is 0 Å². The number of hydrogen-bond donors (Lipinski definition) is 3. The van der Waals surface area contributed by atoms with E-state index in [1.54, 1.807) is 4.90 Å². The summed E-state index contributed by atoms with van der Waals surface area (Å²) >= 11 is 0. The first-order valence-corrected chi connectivity index (χ1v) is 9.38. The van der Waals surface area contributed by atoms with Gasteiger partial charge in [-0.25, -0.2) is 0 Å². The summed E-state index contributed by atoms with van der Waals surface area (Å²) in [4.78, 5) is 1.79. The van der Waals surface area contributed by atoms with Crippen LogP contribution in [0.15, 0.2) is 0 Å². The molecule has 0 amide bonds. The van der Waals surface area contributed by atoms with Gasteiger partial charge in [-0.05, 0) is 0 Å². The number of nitrogens with zero attached hydrogens (tertiary/aromatic N) is 1. The third-order valence-corrected chi connectivity index (χ3v) is 2.07. The molecule has 166 valence electrons. The van der Waals surface area contributed by atoms with Gasteiger partial charge in [0.05, 0.1) is 19.8 Å². The van der Waals surface area contributed by atoms with Crippen molar-refractivity contribution in [2.24, 2.45) is 0 Å². The Morgan fingerprint density at radius 2 is 0.667 bits per heavy atom.